The molecule has 1 aliphatic rings. The van der Waals surface area contributed by atoms with Crippen LogP contribution in [0.3, 0.4) is 0 Å². The molecule has 5 nitrogen and oxygen atoms in total. The van der Waals surface area contributed by atoms with Gasteiger partial charge in [-0.2, -0.15) is 0 Å². The van der Waals surface area contributed by atoms with Crippen molar-refractivity contribution in [2.45, 2.75) is 25.8 Å². The van der Waals surface area contributed by atoms with Crippen molar-refractivity contribution in [3.8, 4) is 5.75 Å². The lowest BCUT2D eigenvalue weighted by Crippen LogP contribution is -2.44. The summed E-state index contributed by atoms with van der Waals surface area (Å²) in [6.07, 6.45) is 1.48. The van der Waals surface area contributed by atoms with E-state index in [2.05, 4.69) is 5.32 Å². The maximum absolute atomic E-state index is 11.8. The van der Waals surface area contributed by atoms with Gasteiger partial charge in [0.05, 0.1) is 0 Å². The number of halogens is 2. The van der Waals surface area contributed by atoms with Crippen LogP contribution in [0.25, 0.3) is 0 Å². The van der Waals surface area contributed by atoms with E-state index in [1.807, 2.05) is 6.92 Å². The normalized spacial score (nSPS) is 15.8. The molecule has 22 heavy (non-hydrogen) atoms. The van der Waals surface area contributed by atoms with E-state index in [-0.39, 0.29) is 24.5 Å². The van der Waals surface area contributed by atoms with Gasteiger partial charge in [0, 0.05) is 35.6 Å². The van der Waals surface area contributed by atoms with E-state index in [1.165, 1.54) is 0 Å². The van der Waals surface area contributed by atoms with Crippen molar-refractivity contribution in [3.63, 3.8) is 0 Å². The van der Waals surface area contributed by atoms with Gasteiger partial charge >= 0.3 is 0 Å². The Labute approximate surface area is 139 Å². The predicted molar refractivity (Wildman–Crippen MR) is 85.4 cm³/mol. The molecule has 0 aliphatic carbocycles. The Bertz CT molecular complexity index is 545. The van der Waals surface area contributed by atoms with Crippen molar-refractivity contribution >= 4 is 35.0 Å². The molecule has 0 bridgehead atoms. The number of likely N-dealkylation sites (tertiary alicyclic amines) is 1. The van der Waals surface area contributed by atoms with E-state index in [0.717, 1.165) is 13.0 Å². The first-order valence-electron chi connectivity index (χ1n) is 7.10. The van der Waals surface area contributed by atoms with Crippen LogP contribution in [0.4, 0.5) is 0 Å². The molecule has 1 unspecified atom stereocenters. The summed E-state index contributed by atoms with van der Waals surface area (Å²) < 4.78 is 5.36. The van der Waals surface area contributed by atoms with E-state index >= 15 is 0 Å². The molecule has 2 amide bonds. The van der Waals surface area contributed by atoms with Crippen molar-refractivity contribution in [2.75, 3.05) is 19.7 Å². The Hall–Kier alpha value is -1.46. The van der Waals surface area contributed by atoms with Crippen molar-refractivity contribution in [2.24, 2.45) is 0 Å². The Morgan fingerprint density at radius 3 is 2.64 bits per heavy atom. The lowest BCUT2D eigenvalue weighted by Gasteiger charge is -2.21. The lowest BCUT2D eigenvalue weighted by atomic mass is 10.3. The minimum absolute atomic E-state index is 0.124. The predicted octanol–water partition coefficient (Wildman–Crippen LogP) is 2.50. The zero-order valence-electron chi connectivity index (χ0n) is 12.3. The lowest BCUT2D eigenvalue weighted by molar-refractivity contribution is -0.129. The highest BCUT2D eigenvalue weighted by molar-refractivity contribution is 6.34. The van der Waals surface area contributed by atoms with Gasteiger partial charge in [-0.05, 0) is 31.5 Å². The molecule has 1 atom stereocenters. The minimum atomic E-state index is -0.254. The molecule has 1 aromatic rings. The first kappa shape index (κ1) is 16.9. The fourth-order valence-corrected chi connectivity index (χ4v) is 2.86. The third-order valence-electron chi connectivity index (χ3n) is 3.28. The zero-order chi connectivity index (χ0) is 16.1. The highest BCUT2D eigenvalue weighted by atomic mass is 35.5. The fourth-order valence-electron chi connectivity index (χ4n) is 2.35. The zero-order valence-corrected chi connectivity index (χ0v) is 13.8. The van der Waals surface area contributed by atoms with Crippen LogP contribution in [0.2, 0.25) is 10.0 Å². The number of carbonyl (C=O) groups excluding carboxylic acids is 2. The number of amides is 2. The average molecular weight is 345 g/mol. The summed E-state index contributed by atoms with van der Waals surface area (Å²) in [5.74, 6) is 0.330. The maximum Gasteiger partial charge on any atom is 0.258 e. The first-order valence-corrected chi connectivity index (χ1v) is 7.85. The fraction of sp³-hybridized carbons (Fsp3) is 0.467. The summed E-state index contributed by atoms with van der Waals surface area (Å²) in [4.78, 5) is 25.1. The van der Waals surface area contributed by atoms with Crippen LogP contribution in [-0.4, -0.2) is 42.5 Å². The summed E-state index contributed by atoms with van der Waals surface area (Å²) in [5.41, 5.74) is 0. The molecule has 0 radical (unpaired) electrons. The molecule has 0 spiro atoms. The number of hydrogen-bond donors (Lipinski definition) is 1. The topological polar surface area (TPSA) is 58.6 Å². The molecular weight excluding hydrogens is 327 g/mol. The third kappa shape index (κ3) is 5.07. The summed E-state index contributed by atoms with van der Waals surface area (Å²) in [6, 6.07) is 4.65. The van der Waals surface area contributed by atoms with Crippen LogP contribution < -0.4 is 10.1 Å². The van der Waals surface area contributed by atoms with Gasteiger partial charge in [-0.15, -0.1) is 0 Å². The number of carbonyl (C=O) groups is 2. The molecule has 0 saturated carbocycles. The van der Waals surface area contributed by atoms with Gasteiger partial charge in [-0.3, -0.25) is 9.59 Å². The Morgan fingerprint density at radius 2 is 2.05 bits per heavy atom. The second kappa shape index (κ2) is 7.70. The van der Waals surface area contributed by atoms with Crippen LogP contribution in [0.5, 0.6) is 5.75 Å². The number of nitrogens with zero attached hydrogens (tertiary/aromatic N) is 1. The van der Waals surface area contributed by atoms with Crippen LogP contribution >= 0.6 is 23.2 Å². The largest absolute Gasteiger partial charge is 0.484 e. The summed E-state index contributed by atoms with van der Waals surface area (Å²) in [6.45, 7) is 3.01. The third-order valence-corrected chi connectivity index (χ3v) is 3.72. The number of benzene rings is 1. The Kier molecular flexibility index (Phi) is 5.91. The number of nitrogens with one attached hydrogen (secondary N) is 1. The van der Waals surface area contributed by atoms with Gasteiger partial charge in [0.2, 0.25) is 5.91 Å². The van der Waals surface area contributed by atoms with Crippen LogP contribution in [0, 0.1) is 0 Å². The maximum atomic E-state index is 11.8. The molecular formula is C15H18Cl2N2O3. The van der Waals surface area contributed by atoms with Crippen LogP contribution in [0.1, 0.15) is 19.8 Å². The van der Waals surface area contributed by atoms with E-state index in [1.54, 1.807) is 23.1 Å². The molecule has 1 heterocycles. The minimum Gasteiger partial charge on any atom is -0.484 e. The van der Waals surface area contributed by atoms with E-state index in [9.17, 15) is 9.59 Å². The summed E-state index contributed by atoms with van der Waals surface area (Å²) >= 11 is 11.7. The second-order valence-electron chi connectivity index (χ2n) is 5.31. The monoisotopic (exact) mass is 344 g/mol. The van der Waals surface area contributed by atoms with Gasteiger partial charge < -0.3 is 15.0 Å². The van der Waals surface area contributed by atoms with Gasteiger partial charge in [0.1, 0.15) is 5.75 Å². The van der Waals surface area contributed by atoms with E-state index in [0.29, 0.717) is 28.8 Å². The van der Waals surface area contributed by atoms with Crippen molar-refractivity contribution in [1.82, 2.24) is 10.2 Å². The standard InChI is InChI=1S/C15H18Cl2N2O3/c1-10(8-19-4-2-3-15(19)21)18-14(20)9-22-13-6-11(16)5-12(17)7-13/h5-7,10H,2-4,8-9H2,1H3,(H,18,20). The van der Waals surface area contributed by atoms with Crippen LogP contribution in [-0.2, 0) is 9.59 Å². The highest BCUT2D eigenvalue weighted by Gasteiger charge is 2.22. The van der Waals surface area contributed by atoms with E-state index < -0.39 is 0 Å². The van der Waals surface area contributed by atoms with Gasteiger partial charge in [0.15, 0.2) is 6.61 Å². The molecule has 120 valence electrons. The average Bonchev–Trinajstić information content (AvgIpc) is 2.81. The second-order valence-corrected chi connectivity index (χ2v) is 6.18. The summed E-state index contributed by atoms with van der Waals surface area (Å²) in [7, 11) is 0. The Balaban J connectivity index is 1.76. The van der Waals surface area contributed by atoms with Gasteiger partial charge in [-0.1, -0.05) is 23.2 Å². The summed E-state index contributed by atoms with van der Waals surface area (Å²) in [5, 5.41) is 3.70. The molecule has 1 aliphatic heterocycles. The van der Waals surface area contributed by atoms with Crippen molar-refractivity contribution in [1.29, 1.82) is 0 Å². The molecule has 1 aromatic carbocycles. The highest BCUT2D eigenvalue weighted by Crippen LogP contribution is 2.24. The Morgan fingerprint density at radius 1 is 1.36 bits per heavy atom. The van der Waals surface area contributed by atoms with E-state index in [4.69, 9.17) is 27.9 Å². The number of ether oxygens (including phenoxy) is 1. The molecule has 0 aromatic heterocycles. The number of hydrogen-bond acceptors (Lipinski definition) is 3. The SMILES string of the molecule is CC(CN1CCCC1=O)NC(=O)COc1cc(Cl)cc(Cl)c1. The van der Waals surface area contributed by atoms with Crippen molar-refractivity contribution in [3.05, 3.63) is 28.2 Å². The molecule has 1 fully saturated rings. The van der Waals surface area contributed by atoms with Crippen LogP contribution in [0.15, 0.2) is 18.2 Å². The van der Waals surface area contributed by atoms with Gasteiger partial charge in [0.25, 0.3) is 5.91 Å². The van der Waals surface area contributed by atoms with Gasteiger partial charge in [-0.25, -0.2) is 0 Å². The molecule has 2 rings (SSSR count). The molecule has 1 N–H and O–H groups in total. The smallest absolute Gasteiger partial charge is 0.258 e. The molecule has 1 saturated heterocycles. The quantitative estimate of drug-likeness (QED) is 0.862. The molecule has 7 heteroatoms. The number of rotatable bonds is 6. The van der Waals surface area contributed by atoms with Crippen molar-refractivity contribution < 1.29 is 14.3 Å². The first-order chi connectivity index (χ1) is 10.4.